The molecule has 1 atom stereocenters. The third-order valence-electron chi connectivity index (χ3n) is 3.13. The van der Waals surface area contributed by atoms with E-state index in [-0.39, 0.29) is 11.8 Å². The van der Waals surface area contributed by atoms with Gasteiger partial charge in [0.15, 0.2) is 0 Å². The van der Waals surface area contributed by atoms with Crippen LogP contribution in [0.3, 0.4) is 0 Å². The van der Waals surface area contributed by atoms with Crippen molar-refractivity contribution in [1.29, 1.82) is 0 Å². The highest BCUT2D eigenvalue weighted by Gasteiger charge is 2.25. The Morgan fingerprint density at radius 1 is 1.35 bits per heavy atom. The molecule has 1 aromatic rings. The van der Waals surface area contributed by atoms with E-state index in [1.54, 1.807) is 11.8 Å². The highest BCUT2D eigenvalue weighted by atomic mass is 35.5. The number of rotatable bonds is 6. The van der Waals surface area contributed by atoms with Crippen LogP contribution in [0.15, 0.2) is 23.1 Å². The van der Waals surface area contributed by atoms with Crippen LogP contribution >= 0.6 is 35.0 Å². The number of unbranched alkanes of at least 4 members (excludes halogenated alkanes) is 1. The van der Waals surface area contributed by atoms with Crippen LogP contribution in [-0.4, -0.2) is 25.8 Å². The van der Waals surface area contributed by atoms with Gasteiger partial charge in [0.05, 0.1) is 5.75 Å². The molecule has 1 N–H and O–H groups in total. The number of benzene rings is 1. The van der Waals surface area contributed by atoms with E-state index in [9.17, 15) is 8.42 Å². The van der Waals surface area contributed by atoms with E-state index in [4.69, 9.17) is 23.2 Å². The number of alkyl halides is 1. The Kier molecular flexibility index (Phi) is 6.05. The lowest BCUT2D eigenvalue weighted by Gasteiger charge is -2.26. The Morgan fingerprint density at radius 3 is 2.90 bits per heavy atom. The zero-order valence-electron chi connectivity index (χ0n) is 10.9. The fourth-order valence-electron chi connectivity index (χ4n) is 2.15. The second-order valence-corrected chi connectivity index (χ2v) is 8.53. The minimum absolute atomic E-state index is 0.124. The standard InChI is InChI=1S/C13H17Cl2NO2S2/c14-6-1-2-8-20(17,18)16-12-5-7-19-13-4-3-10(15)9-11(12)13/h3-4,9,12,16H,1-2,5-8H2. The maximum absolute atomic E-state index is 12.1. The van der Waals surface area contributed by atoms with Gasteiger partial charge in [0.2, 0.25) is 10.0 Å². The second kappa shape index (κ2) is 7.36. The monoisotopic (exact) mass is 353 g/mol. The summed E-state index contributed by atoms with van der Waals surface area (Å²) < 4.78 is 26.9. The molecule has 1 heterocycles. The summed E-state index contributed by atoms with van der Waals surface area (Å²) in [5, 5.41) is 0.637. The summed E-state index contributed by atoms with van der Waals surface area (Å²) in [6, 6.07) is 5.47. The van der Waals surface area contributed by atoms with Gasteiger partial charge in [0.1, 0.15) is 0 Å². The Bertz CT molecular complexity index is 563. The van der Waals surface area contributed by atoms with Crippen LogP contribution < -0.4 is 4.72 Å². The maximum Gasteiger partial charge on any atom is 0.212 e. The molecule has 3 nitrogen and oxygen atoms in total. The molecule has 1 aliphatic rings. The summed E-state index contributed by atoms with van der Waals surface area (Å²) in [5.74, 6) is 1.52. The molecule has 0 spiro atoms. The Balaban J connectivity index is 2.09. The topological polar surface area (TPSA) is 46.2 Å². The molecule has 112 valence electrons. The van der Waals surface area contributed by atoms with Crippen molar-refractivity contribution in [2.45, 2.75) is 30.2 Å². The van der Waals surface area contributed by atoms with Crippen molar-refractivity contribution < 1.29 is 8.42 Å². The first-order valence-corrected chi connectivity index (χ1v) is 10.0. The number of fused-ring (bicyclic) bond motifs is 1. The molecule has 0 fully saturated rings. The molecule has 0 aromatic heterocycles. The van der Waals surface area contributed by atoms with Gasteiger partial charge >= 0.3 is 0 Å². The number of halogens is 2. The minimum Gasteiger partial charge on any atom is -0.212 e. The zero-order valence-corrected chi connectivity index (χ0v) is 14.1. The summed E-state index contributed by atoms with van der Waals surface area (Å²) >= 11 is 13.3. The second-order valence-electron chi connectivity index (χ2n) is 4.70. The molecule has 0 aliphatic carbocycles. The highest BCUT2D eigenvalue weighted by Crippen LogP contribution is 2.37. The summed E-state index contributed by atoms with van der Waals surface area (Å²) in [6.45, 7) is 0. The number of hydrogen-bond donors (Lipinski definition) is 1. The van der Waals surface area contributed by atoms with E-state index in [1.807, 2.05) is 18.2 Å². The van der Waals surface area contributed by atoms with Crippen LogP contribution in [0.1, 0.15) is 30.9 Å². The maximum atomic E-state index is 12.1. The summed E-state index contributed by atoms with van der Waals surface area (Å²) in [4.78, 5) is 1.11. The Hall–Kier alpha value is 0.0600. The molecule has 0 bridgehead atoms. The van der Waals surface area contributed by atoms with Gasteiger partial charge in [-0.05, 0) is 48.8 Å². The van der Waals surface area contributed by atoms with Crippen LogP contribution in [0, 0.1) is 0 Å². The first-order valence-electron chi connectivity index (χ1n) is 6.50. The lowest BCUT2D eigenvalue weighted by atomic mass is 10.1. The van der Waals surface area contributed by atoms with Gasteiger partial charge in [-0.2, -0.15) is 0 Å². The van der Waals surface area contributed by atoms with Gasteiger partial charge in [-0.1, -0.05) is 11.6 Å². The van der Waals surface area contributed by atoms with E-state index >= 15 is 0 Å². The predicted octanol–water partition coefficient (Wildman–Crippen LogP) is 3.82. The lowest BCUT2D eigenvalue weighted by Crippen LogP contribution is -2.32. The minimum atomic E-state index is -3.27. The van der Waals surface area contributed by atoms with E-state index < -0.39 is 10.0 Å². The van der Waals surface area contributed by atoms with Crippen LogP contribution in [0.25, 0.3) is 0 Å². The number of thioether (sulfide) groups is 1. The van der Waals surface area contributed by atoms with Crippen molar-refractivity contribution in [2.75, 3.05) is 17.4 Å². The molecule has 0 saturated heterocycles. The van der Waals surface area contributed by atoms with Crippen LogP contribution in [0.2, 0.25) is 5.02 Å². The smallest absolute Gasteiger partial charge is 0.212 e. The predicted molar refractivity (Wildman–Crippen MR) is 86.4 cm³/mol. The highest BCUT2D eigenvalue weighted by molar-refractivity contribution is 7.99. The largest absolute Gasteiger partial charge is 0.212 e. The quantitative estimate of drug-likeness (QED) is 0.624. The normalized spacial score (nSPS) is 18.8. The van der Waals surface area contributed by atoms with E-state index in [2.05, 4.69) is 4.72 Å². The van der Waals surface area contributed by atoms with Crippen molar-refractivity contribution in [3.05, 3.63) is 28.8 Å². The van der Waals surface area contributed by atoms with Crippen LogP contribution in [0.4, 0.5) is 0 Å². The molecular formula is C13H17Cl2NO2S2. The van der Waals surface area contributed by atoms with Gasteiger partial charge in [0, 0.05) is 21.8 Å². The van der Waals surface area contributed by atoms with Crippen molar-refractivity contribution in [2.24, 2.45) is 0 Å². The van der Waals surface area contributed by atoms with Gasteiger partial charge in [0.25, 0.3) is 0 Å². The first kappa shape index (κ1) is 16.4. The Morgan fingerprint density at radius 2 is 2.15 bits per heavy atom. The number of sulfonamides is 1. The fraction of sp³-hybridized carbons (Fsp3) is 0.538. The Labute approximate surface area is 134 Å². The molecule has 2 rings (SSSR count). The SMILES string of the molecule is O=S(=O)(CCCCCl)NC1CCSc2ccc(Cl)cc21. The molecule has 20 heavy (non-hydrogen) atoms. The van der Waals surface area contributed by atoms with Gasteiger partial charge < -0.3 is 0 Å². The zero-order chi connectivity index (χ0) is 14.6. The van der Waals surface area contributed by atoms with Crippen molar-refractivity contribution >= 4 is 45.0 Å². The van der Waals surface area contributed by atoms with Gasteiger partial charge in [-0.25, -0.2) is 13.1 Å². The summed E-state index contributed by atoms with van der Waals surface area (Å²) in [7, 11) is -3.27. The molecule has 1 aliphatic heterocycles. The van der Waals surface area contributed by atoms with E-state index in [0.29, 0.717) is 23.7 Å². The molecule has 7 heteroatoms. The molecule has 1 unspecified atom stereocenters. The van der Waals surface area contributed by atoms with Gasteiger partial charge in [-0.15, -0.1) is 23.4 Å². The summed E-state index contributed by atoms with van der Waals surface area (Å²) in [6.07, 6.45) is 2.08. The fourth-order valence-corrected chi connectivity index (χ4v) is 5.01. The molecule has 0 radical (unpaired) electrons. The van der Waals surface area contributed by atoms with E-state index in [1.165, 1.54) is 0 Å². The van der Waals surface area contributed by atoms with Crippen LogP contribution in [0.5, 0.6) is 0 Å². The third-order valence-corrected chi connectivity index (χ3v) is 6.22. The first-order chi connectivity index (χ1) is 9.52. The molecule has 0 saturated carbocycles. The van der Waals surface area contributed by atoms with E-state index in [0.717, 1.165) is 22.6 Å². The average Bonchev–Trinajstić information content (AvgIpc) is 2.39. The molecule has 1 aromatic carbocycles. The number of nitrogens with one attached hydrogen (secondary N) is 1. The molecule has 0 amide bonds. The van der Waals surface area contributed by atoms with Crippen molar-refractivity contribution in [3.8, 4) is 0 Å². The lowest BCUT2D eigenvalue weighted by molar-refractivity contribution is 0.543. The number of hydrogen-bond acceptors (Lipinski definition) is 3. The van der Waals surface area contributed by atoms with Crippen molar-refractivity contribution in [3.63, 3.8) is 0 Å². The average molecular weight is 354 g/mol. The third kappa shape index (κ3) is 4.53. The molecular weight excluding hydrogens is 337 g/mol. The van der Waals surface area contributed by atoms with Gasteiger partial charge in [-0.3, -0.25) is 0 Å². The van der Waals surface area contributed by atoms with Crippen LogP contribution in [-0.2, 0) is 10.0 Å². The van der Waals surface area contributed by atoms with Crippen molar-refractivity contribution in [1.82, 2.24) is 4.72 Å². The summed E-state index contributed by atoms with van der Waals surface area (Å²) in [5.41, 5.74) is 0.981.